The molecule has 0 aromatic heterocycles. The van der Waals surface area contributed by atoms with Crippen LogP contribution >= 0.6 is 27.7 Å². The first-order chi connectivity index (χ1) is 9.52. The predicted molar refractivity (Wildman–Crippen MR) is 78.5 cm³/mol. The van der Waals surface area contributed by atoms with E-state index in [1.807, 2.05) is 0 Å². The van der Waals surface area contributed by atoms with Crippen molar-refractivity contribution >= 4 is 44.8 Å². The summed E-state index contributed by atoms with van der Waals surface area (Å²) in [6.07, 6.45) is 0.369. The van der Waals surface area contributed by atoms with Crippen molar-refractivity contribution in [3.05, 3.63) is 33.8 Å². The summed E-state index contributed by atoms with van der Waals surface area (Å²) in [4.78, 5) is 36.1. The summed E-state index contributed by atoms with van der Waals surface area (Å²) in [7, 11) is 1.31. The number of benzene rings is 1. The Morgan fingerprint density at radius 3 is 2.80 bits per heavy atom. The number of methoxy groups -OCH3 is 1. The molecule has 2 rings (SSSR count). The number of hydrogen-bond acceptors (Lipinski definition) is 5. The van der Waals surface area contributed by atoms with Crippen LogP contribution in [0.5, 0.6) is 0 Å². The quantitative estimate of drug-likeness (QED) is 0.778. The summed E-state index contributed by atoms with van der Waals surface area (Å²) < 4.78 is 5.30. The second-order valence-electron chi connectivity index (χ2n) is 4.14. The average molecular weight is 358 g/mol. The monoisotopic (exact) mass is 357 g/mol. The molecule has 1 aliphatic rings. The van der Waals surface area contributed by atoms with Crippen LogP contribution in [0.15, 0.2) is 22.7 Å². The zero-order chi connectivity index (χ0) is 14.7. The molecule has 0 spiro atoms. The molecule has 0 N–H and O–H groups in total. The van der Waals surface area contributed by atoms with Crippen LogP contribution in [0.2, 0.25) is 0 Å². The minimum Gasteiger partial charge on any atom is -0.465 e. The SMILES string of the molecule is COC(=O)c1ccc(CN2C(=O)CCSC2=O)c(Br)c1. The van der Waals surface area contributed by atoms with E-state index in [2.05, 4.69) is 20.7 Å². The Kier molecular flexibility index (Phi) is 4.82. The molecule has 0 bridgehead atoms. The van der Waals surface area contributed by atoms with E-state index in [9.17, 15) is 14.4 Å². The van der Waals surface area contributed by atoms with E-state index < -0.39 is 5.97 Å². The molecule has 0 atom stereocenters. The standard InChI is InChI=1S/C13H12BrNO4S/c1-19-12(17)8-2-3-9(10(14)6-8)7-15-11(16)4-5-20-13(15)18/h2-3,6H,4-5,7H2,1H3. The Hall–Kier alpha value is -1.34. The molecular formula is C13H12BrNO4S. The highest BCUT2D eigenvalue weighted by molar-refractivity contribution is 9.10. The van der Waals surface area contributed by atoms with Crippen LogP contribution < -0.4 is 0 Å². The molecule has 1 aromatic rings. The molecule has 1 aliphatic heterocycles. The fourth-order valence-corrected chi connectivity index (χ4v) is 3.06. The lowest BCUT2D eigenvalue weighted by Gasteiger charge is -2.24. The largest absolute Gasteiger partial charge is 0.465 e. The van der Waals surface area contributed by atoms with E-state index in [0.29, 0.717) is 22.2 Å². The Morgan fingerprint density at radius 2 is 2.20 bits per heavy atom. The Balaban J connectivity index is 2.19. The van der Waals surface area contributed by atoms with Gasteiger partial charge in [-0.2, -0.15) is 0 Å². The van der Waals surface area contributed by atoms with Gasteiger partial charge in [-0.05, 0) is 17.7 Å². The highest BCUT2D eigenvalue weighted by Crippen LogP contribution is 2.25. The maximum absolute atomic E-state index is 11.7. The van der Waals surface area contributed by atoms with Gasteiger partial charge in [-0.25, -0.2) is 4.79 Å². The van der Waals surface area contributed by atoms with Crippen molar-refractivity contribution in [3.8, 4) is 0 Å². The van der Waals surface area contributed by atoms with E-state index in [4.69, 9.17) is 0 Å². The third-order valence-electron chi connectivity index (χ3n) is 2.87. The average Bonchev–Trinajstić information content (AvgIpc) is 2.43. The first-order valence-corrected chi connectivity index (χ1v) is 7.64. The molecule has 1 aromatic carbocycles. The lowest BCUT2D eigenvalue weighted by atomic mass is 10.1. The van der Waals surface area contributed by atoms with E-state index in [1.54, 1.807) is 18.2 Å². The number of nitrogens with zero attached hydrogens (tertiary/aromatic N) is 1. The van der Waals surface area contributed by atoms with Crippen molar-refractivity contribution in [2.75, 3.05) is 12.9 Å². The summed E-state index contributed by atoms with van der Waals surface area (Å²) in [5.74, 6) is -0.0630. The van der Waals surface area contributed by atoms with Gasteiger partial charge in [0.2, 0.25) is 5.91 Å². The fourth-order valence-electron chi connectivity index (χ4n) is 1.78. The van der Waals surface area contributed by atoms with Crippen molar-refractivity contribution in [1.82, 2.24) is 4.90 Å². The first kappa shape index (κ1) is 15.1. The first-order valence-electron chi connectivity index (χ1n) is 5.87. The van der Waals surface area contributed by atoms with Gasteiger partial charge in [0.05, 0.1) is 19.2 Å². The molecule has 1 heterocycles. The van der Waals surface area contributed by atoms with Gasteiger partial charge in [0.25, 0.3) is 5.24 Å². The summed E-state index contributed by atoms with van der Waals surface area (Å²) >= 11 is 4.49. The number of halogens is 1. The number of esters is 1. The molecule has 5 nitrogen and oxygen atoms in total. The maximum Gasteiger partial charge on any atom is 0.337 e. The number of hydrogen-bond donors (Lipinski definition) is 0. The molecule has 1 saturated heterocycles. The molecule has 7 heteroatoms. The Labute approximate surface area is 128 Å². The van der Waals surface area contributed by atoms with Crippen LogP contribution in [0.3, 0.4) is 0 Å². The van der Waals surface area contributed by atoms with Gasteiger partial charge >= 0.3 is 5.97 Å². The normalized spacial score (nSPS) is 15.4. The summed E-state index contributed by atoms with van der Waals surface area (Å²) in [5.41, 5.74) is 1.18. The molecular weight excluding hydrogens is 346 g/mol. The number of thioether (sulfide) groups is 1. The second kappa shape index (κ2) is 6.41. The highest BCUT2D eigenvalue weighted by Gasteiger charge is 2.27. The van der Waals surface area contributed by atoms with Gasteiger partial charge in [-0.1, -0.05) is 33.8 Å². The molecule has 2 amide bonds. The maximum atomic E-state index is 11.7. The van der Waals surface area contributed by atoms with Crippen molar-refractivity contribution in [2.45, 2.75) is 13.0 Å². The van der Waals surface area contributed by atoms with E-state index >= 15 is 0 Å². The molecule has 0 saturated carbocycles. The third-order valence-corrected chi connectivity index (χ3v) is 4.48. The molecule has 106 valence electrons. The lowest BCUT2D eigenvalue weighted by molar-refractivity contribution is -0.128. The second-order valence-corrected chi connectivity index (χ2v) is 6.04. The topological polar surface area (TPSA) is 63.7 Å². The van der Waals surface area contributed by atoms with Crippen molar-refractivity contribution in [3.63, 3.8) is 0 Å². The van der Waals surface area contributed by atoms with Crippen molar-refractivity contribution < 1.29 is 19.1 Å². The van der Waals surface area contributed by atoms with Gasteiger partial charge in [-0.15, -0.1) is 0 Å². The van der Waals surface area contributed by atoms with Gasteiger partial charge in [-0.3, -0.25) is 14.5 Å². The molecule has 0 unspecified atom stereocenters. The summed E-state index contributed by atoms with van der Waals surface area (Å²) in [6.45, 7) is 0.201. The number of ether oxygens (including phenoxy) is 1. The summed E-state index contributed by atoms with van der Waals surface area (Å²) in [6, 6.07) is 4.93. The lowest BCUT2D eigenvalue weighted by Crippen LogP contribution is -2.37. The minimum absolute atomic E-state index is 0.169. The summed E-state index contributed by atoms with van der Waals surface area (Å²) in [5, 5.41) is -0.231. The van der Waals surface area contributed by atoms with Crippen molar-refractivity contribution in [1.29, 1.82) is 0 Å². The van der Waals surface area contributed by atoms with Crippen LogP contribution in [-0.4, -0.2) is 34.9 Å². The van der Waals surface area contributed by atoms with Crippen molar-refractivity contribution in [2.24, 2.45) is 0 Å². The number of carbonyl (C=O) groups is 3. The number of carbonyl (C=O) groups excluding carboxylic acids is 3. The van der Waals surface area contributed by atoms with Gasteiger partial charge in [0, 0.05) is 16.6 Å². The van der Waals surface area contributed by atoms with E-state index in [1.165, 1.54) is 12.0 Å². The van der Waals surface area contributed by atoms with Crippen LogP contribution in [-0.2, 0) is 16.1 Å². The smallest absolute Gasteiger partial charge is 0.337 e. The number of imide groups is 1. The molecule has 20 heavy (non-hydrogen) atoms. The Morgan fingerprint density at radius 1 is 1.45 bits per heavy atom. The van der Waals surface area contributed by atoms with Gasteiger partial charge in [0.15, 0.2) is 0 Å². The van der Waals surface area contributed by atoms with Gasteiger partial charge < -0.3 is 4.74 Å². The third kappa shape index (κ3) is 3.21. The van der Waals surface area contributed by atoms with Crippen LogP contribution in [0.4, 0.5) is 4.79 Å². The van der Waals surface area contributed by atoms with Crippen LogP contribution in [0.1, 0.15) is 22.3 Å². The number of rotatable bonds is 3. The predicted octanol–water partition coefficient (Wildman–Crippen LogP) is 2.82. The van der Waals surface area contributed by atoms with E-state index in [-0.39, 0.29) is 17.7 Å². The molecule has 0 radical (unpaired) electrons. The zero-order valence-electron chi connectivity index (χ0n) is 10.7. The molecule has 1 fully saturated rings. The number of amides is 2. The van der Waals surface area contributed by atoms with Crippen LogP contribution in [0, 0.1) is 0 Å². The van der Waals surface area contributed by atoms with Crippen LogP contribution in [0.25, 0.3) is 0 Å². The van der Waals surface area contributed by atoms with E-state index in [0.717, 1.165) is 17.3 Å². The zero-order valence-corrected chi connectivity index (χ0v) is 13.1. The van der Waals surface area contributed by atoms with Gasteiger partial charge in [0.1, 0.15) is 0 Å². The molecule has 0 aliphatic carbocycles. The fraction of sp³-hybridized carbons (Fsp3) is 0.308. The highest BCUT2D eigenvalue weighted by atomic mass is 79.9. The minimum atomic E-state index is -0.432. The Bertz CT molecular complexity index is 559.